The van der Waals surface area contributed by atoms with Gasteiger partial charge in [0.25, 0.3) is 0 Å². The van der Waals surface area contributed by atoms with E-state index in [1.165, 1.54) is 54.2 Å². The molecule has 1 N–H and O–H groups in total. The van der Waals surface area contributed by atoms with E-state index < -0.39 is 13.2 Å². The minimum absolute atomic E-state index is 0.310. The monoisotopic (exact) mass is 447 g/mol. The van der Waals surface area contributed by atoms with Crippen molar-refractivity contribution in [1.29, 1.82) is 0 Å². The quantitative estimate of drug-likeness (QED) is 0.224. The number of hydrogen-bond donors (Lipinski definition) is 1. The number of aliphatic carboxylic acids is 1. The van der Waals surface area contributed by atoms with Gasteiger partial charge in [0.15, 0.2) is 0 Å². The third-order valence-electron chi connectivity index (χ3n) is 6.23. The van der Waals surface area contributed by atoms with E-state index in [1.54, 1.807) is 0 Å². The summed E-state index contributed by atoms with van der Waals surface area (Å²) in [6.07, 6.45) is 10.7. The first-order valence-corrected chi connectivity index (χ1v) is 14.0. The molecule has 3 heteroatoms. The molecule has 2 nitrogen and oxygen atoms in total. The zero-order valence-corrected chi connectivity index (χ0v) is 19.9. The first-order valence-electron chi connectivity index (χ1n) is 12.0. The van der Waals surface area contributed by atoms with Gasteiger partial charge < -0.3 is 5.11 Å². The summed E-state index contributed by atoms with van der Waals surface area (Å²) in [7, 11) is -1.69. The fourth-order valence-corrected chi connectivity index (χ4v) is 8.98. The standard InChI is InChI=1S/C29H36O2P/c30-29(31)24-16-5-3-1-2-4-6-17-25-32(26-18-10-7-11-19-26,27-20-12-8-13-21-27)28-22-14-9-15-23-28/h7-15,18-23H,1-6,16-17,24-25H2,(H,30,31). The van der Waals surface area contributed by atoms with Crippen molar-refractivity contribution in [2.75, 3.05) is 6.16 Å². The van der Waals surface area contributed by atoms with Gasteiger partial charge in [0.05, 0.1) is 0 Å². The molecule has 0 heterocycles. The van der Waals surface area contributed by atoms with Crippen LogP contribution in [0.1, 0.15) is 57.8 Å². The number of carboxylic acid groups (broad SMARTS) is 1. The maximum atomic E-state index is 10.6. The van der Waals surface area contributed by atoms with Crippen molar-refractivity contribution in [3.05, 3.63) is 91.0 Å². The molecule has 0 aliphatic heterocycles. The van der Waals surface area contributed by atoms with Crippen LogP contribution in [0.3, 0.4) is 0 Å². The number of rotatable bonds is 14. The van der Waals surface area contributed by atoms with Crippen LogP contribution in [0.4, 0.5) is 0 Å². The molecule has 0 saturated heterocycles. The van der Waals surface area contributed by atoms with Gasteiger partial charge >= 0.3 is 5.97 Å². The minimum Gasteiger partial charge on any atom is -0.481 e. The average molecular weight is 448 g/mol. The van der Waals surface area contributed by atoms with E-state index in [0.717, 1.165) is 19.3 Å². The van der Waals surface area contributed by atoms with Crippen molar-refractivity contribution in [2.24, 2.45) is 0 Å². The number of unbranched alkanes of at least 4 members (excludes halogenated alkanes) is 7. The zero-order valence-electron chi connectivity index (χ0n) is 19.0. The van der Waals surface area contributed by atoms with Crippen LogP contribution in [0.25, 0.3) is 0 Å². The Morgan fingerprint density at radius 3 is 1.25 bits per heavy atom. The second kappa shape index (κ2) is 13.2. The van der Waals surface area contributed by atoms with Gasteiger partial charge in [-0.2, -0.15) is 0 Å². The molecule has 0 fully saturated rings. The van der Waals surface area contributed by atoms with Crippen molar-refractivity contribution in [3.8, 4) is 0 Å². The van der Waals surface area contributed by atoms with Crippen LogP contribution < -0.4 is 15.9 Å². The number of benzene rings is 3. The summed E-state index contributed by atoms with van der Waals surface area (Å²) in [6.45, 7) is 0. The largest absolute Gasteiger partial charge is 0.481 e. The van der Waals surface area contributed by atoms with Crippen LogP contribution >= 0.6 is 7.26 Å². The van der Waals surface area contributed by atoms with Crippen LogP contribution in [0, 0.1) is 0 Å². The molecule has 0 bridgehead atoms. The lowest BCUT2D eigenvalue weighted by Crippen LogP contribution is -2.33. The fourth-order valence-electron chi connectivity index (χ4n) is 4.57. The molecule has 0 aliphatic carbocycles. The highest BCUT2D eigenvalue weighted by Crippen LogP contribution is 2.55. The predicted octanol–water partition coefficient (Wildman–Crippen LogP) is 6.58. The molecule has 32 heavy (non-hydrogen) atoms. The van der Waals surface area contributed by atoms with Crippen molar-refractivity contribution in [1.82, 2.24) is 0 Å². The van der Waals surface area contributed by atoms with Gasteiger partial charge in [0, 0.05) is 6.42 Å². The van der Waals surface area contributed by atoms with Gasteiger partial charge in [-0.3, -0.25) is 4.79 Å². The van der Waals surface area contributed by atoms with E-state index in [2.05, 4.69) is 91.0 Å². The van der Waals surface area contributed by atoms with E-state index in [9.17, 15) is 4.79 Å². The Balaban J connectivity index is 1.66. The molecule has 169 valence electrons. The van der Waals surface area contributed by atoms with Crippen LogP contribution in [-0.4, -0.2) is 17.2 Å². The molecule has 0 saturated carbocycles. The fraction of sp³-hybridized carbons (Fsp3) is 0.345. The van der Waals surface area contributed by atoms with E-state index in [0.29, 0.717) is 6.42 Å². The number of carboxylic acids is 1. The Labute approximate surface area is 194 Å². The summed E-state index contributed by atoms with van der Waals surface area (Å²) < 4.78 is 0. The van der Waals surface area contributed by atoms with Gasteiger partial charge in [0.1, 0.15) is 0 Å². The van der Waals surface area contributed by atoms with Crippen LogP contribution in [0.5, 0.6) is 0 Å². The van der Waals surface area contributed by atoms with Crippen LogP contribution in [-0.2, 0) is 4.79 Å². The first-order chi connectivity index (χ1) is 15.7. The SMILES string of the molecule is O=C(O)CCCCCCCCCC[P](c1ccccc1)(c1ccccc1)c1ccccc1. The molecule has 0 aliphatic rings. The van der Waals surface area contributed by atoms with Crippen molar-refractivity contribution < 1.29 is 9.90 Å². The molecule has 0 unspecified atom stereocenters. The maximum absolute atomic E-state index is 10.6. The highest BCUT2D eigenvalue weighted by molar-refractivity contribution is 7.95. The van der Waals surface area contributed by atoms with Gasteiger partial charge in [-0.1, -0.05) is 130 Å². The molecule has 0 spiro atoms. The summed E-state index contributed by atoms with van der Waals surface area (Å²) in [5.74, 6) is -0.674. The Kier molecular flexibility index (Phi) is 9.98. The minimum atomic E-state index is -1.69. The lowest BCUT2D eigenvalue weighted by Gasteiger charge is -2.38. The topological polar surface area (TPSA) is 37.3 Å². The molecule has 0 atom stereocenters. The molecular formula is C29H36O2P. The number of hydrogen-bond acceptors (Lipinski definition) is 1. The number of carbonyl (C=O) groups is 1. The summed E-state index contributed by atoms with van der Waals surface area (Å²) in [4.78, 5) is 10.6. The van der Waals surface area contributed by atoms with Crippen molar-refractivity contribution in [2.45, 2.75) is 57.8 Å². The molecular weight excluding hydrogens is 411 g/mol. The summed E-state index contributed by atoms with van der Waals surface area (Å²) in [5.41, 5.74) is 0. The third kappa shape index (κ3) is 6.78. The average Bonchev–Trinajstić information content (AvgIpc) is 2.84. The van der Waals surface area contributed by atoms with E-state index in [1.807, 2.05) is 0 Å². The summed E-state index contributed by atoms with van der Waals surface area (Å²) >= 11 is 0. The molecule has 1 radical (unpaired) electrons. The molecule has 3 aromatic rings. The smallest absolute Gasteiger partial charge is 0.303 e. The second-order valence-electron chi connectivity index (χ2n) is 8.51. The third-order valence-corrected chi connectivity index (χ3v) is 10.8. The molecule has 3 aromatic carbocycles. The van der Waals surface area contributed by atoms with Gasteiger partial charge in [-0.15, -0.1) is 0 Å². The van der Waals surface area contributed by atoms with Gasteiger partial charge in [0.2, 0.25) is 0 Å². The lowest BCUT2D eigenvalue weighted by atomic mass is 10.1. The van der Waals surface area contributed by atoms with Gasteiger partial charge in [-0.25, -0.2) is 0 Å². The van der Waals surface area contributed by atoms with Crippen molar-refractivity contribution >= 4 is 29.1 Å². The Morgan fingerprint density at radius 1 is 0.531 bits per heavy atom. The molecule has 0 aromatic heterocycles. The molecule has 3 rings (SSSR count). The summed E-state index contributed by atoms with van der Waals surface area (Å²) in [5, 5.41) is 13.1. The van der Waals surface area contributed by atoms with Crippen LogP contribution in [0.2, 0.25) is 0 Å². The second-order valence-corrected chi connectivity index (χ2v) is 12.1. The Bertz CT molecular complexity index is 813. The Hall–Kier alpha value is -2.44. The first kappa shape index (κ1) is 24.2. The highest BCUT2D eigenvalue weighted by atomic mass is 31.2. The van der Waals surface area contributed by atoms with E-state index in [4.69, 9.17) is 5.11 Å². The Morgan fingerprint density at radius 2 is 0.875 bits per heavy atom. The van der Waals surface area contributed by atoms with E-state index >= 15 is 0 Å². The van der Waals surface area contributed by atoms with Crippen LogP contribution in [0.15, 0.2) is 91.0 Å². The molecule has 0 amide bonds. The lowest BCUT2D eigenvalue weighted by molar-refractivity contribution is -0.137. The maximum Gasteiger partial charge on any atom is 0.303 e. The normalized spacial score (nSPS) is 11.4. The zero-order chi connectivity index (χ0) is 22.5. The van der Waals surface area contributed by atoms with E-state index in [-0.39, 0.29) is 0 Å². The predicted molar refractivity (Wildman–Crippen MR) is 139 cm³/mol. The van der Waals surface area contributed by atoms with Gasteiger partial charge in [-0.05, 0) is 42.2 Å². The highest BCUT2D eigenvalue weighted by Gasteiger charge is 2.33. The van der Waals surface area contributed by atoms with Crippen molar-refractivity contribution in [3.63, 3.8) is 0 Å². The summed E-state index contributed by atoms with van der Waals surface area (Å²) in [6, 6.07) is 33.4.